The lowest BCUT2D eigenvalue weighted by Gasteiger charge is -2.02. The second-order valence-electron chi connectivity index (χ2n) is 1.40. The van der Waals surface area contributed by atoms with E-state index in [2.05, 4.69) is 11.6 Å². The highest BCUT2D eigenvalue weighted by Gasteiger charge is 2.14. The van der Waals surface area contributed by atoms with Crippen LogP contribution < -0.4 is 5.84 Å². The first kappa shape index (κ1) is 4.99. The van der Waals surface area contributed by atoms with E-state index >= 15 is 0 Å². The standard InChI is InChI=1S/C4H5N3O/c1-3-4(8)6-2-7(3)5/h2H,1,5H2. The largest absolute Gasteiger partial charge is 0.295 e. The van der Waals surface area contributed by atoms with Crippen LogP contribution >= 0.6 is 0 Å². The summed E-state index contributed by atoms with van der Waals surface area (Å²) in [6, 6.07) is 0. The molecule has 4 nitrogen and oxygen atoms in total. The minimum absolute atomic E-state index is 0.213. The fourth-order valence-electron chi connectivity index (χ4n) is 0.369. The van der Waals surface area contributed by atoms with Gasteiger partial charge in [-0.2, -0.15) is 4.99 Å². The number of amides is 1. The van der Waals surface area contributed by atoms with Gasteiger partial charge in [-0.3, -0.25) is 9.80 Å². The maximum atomic E-state index is 10.4. The summed E-state index contributed by atoms with van der Waals surface area (Å²) in [4.78, 5) is 13.7. The number of hydrogen-bond acceptors (Lipinski definition) is 3. The van der Waals surface area contributed by atoms with Crippen molar-refractivity contribution in [2.75, 3.05) is 0 Å². The van der Waals surface area contributed by atoms with Gasteiger partial charge >= 0.3 is 0 Å². The molecule has 8 heavy (non-hydrogen) atoms. The van der Waals surface area contributed by atoms with Crippen LogP contribution in [0.2, 0.25) is 0 Å². The molecule has 0 bridgehead atoms. The molecule has 0 aliphatic carbocycles. The summed E-state index contributed by atoms with van der Waals surface area (Å²) < 4.78 is 0. The Labute approximate surface area is 46.3 Å². The molecule has 42 valence electrons. The van der Waals surface area contributed by atoms with Crippen molar-refractivity contribution < 1.29 is 4.79 Å². The summed E-state index contributed by atoms with van der Waals surface area (Å²) in [6.07, 6.45) is 1.23. The van der Waals surface area contributed by atoms with Crippen molar-refractivity contribution in [3.63, 3.8) is 0 Å². The van der Waals surface area contributed by atoms with Crippen molar-refractivity contribution in [3.05, 3.63) is 12.3 Å². The highest BCUT2D eigenvalue weighted by atomic mass is 16.2. The van der Waals surface area contributed by atoms with E-state index in [9.17, 15) is 4.79 Å². The summed E-state index contributed by atoms with van der Waals surface area (Å²) in [5, 5.41) is 1.09. The van der Waals surface area contributed by atoms with Gasteiger partial charge in [0, 0.05) is 0 Å². The van der Waals surface area contributed by atoms with E-state index in [1.165, 1.54) is 6.34 Å². The third-order valence-corrected chi connectivity index (χ3v) is 0.858. The zero-order valence-corrected chi connectivity index (χ0v) is 4.16. The van der Waals surface area contributed by atoms with Crippen LogP contribution in [-0.4, -0.2) is 17.3 Å². The van der Waals surface area contributed by atoms with Gasteiger partial charge in [0.05, 0.1) is 0 Å². The molecule has 0 aromatic rings. The van der Waals surface area contributed by atoms with Gasteiger partial charge in [-0.1, -0.05) is 6.58 Å². The molecule has 2 N–H and O–H groups in total. The van der Waals surface area contributed by atoms with Crippen LogP contribution in [0.3, 0.4) is 0 Å². The zero-order chi connectivity index (χ0) is 6.15. The van der Waals surface area contributed by atoms with Gasteiger partial charge in [-0.15, -0.1) is 0 Å². The lowest BCUT2D eigenvalue weighted by molar-refractivity contribution is -0.114. The number of rotatable bonds is 0. The maximum absolute atomic E-state index is 10.4. The molecule has 1 rings (SSSR count). The lowest BCUT2D eigenvalue weighted by atomic mass is 10.5. The van der Waals surface area contributed by atoms with E-state index in [4.69, 9.17) is 5.84 Å². The number of carbonyl (C=O) groups excluding carboxylic acids is 1. The van der Waals surface area contributed by atoms with Crippen molar-refractivity contribution in [3.8, 4) is 0 Å². The predicted molar refractivity (Wildman–Crippen MR) is 28.7 cm³/mol. The van der Waals surface area contributed by atoms with E-state index in [1.54, 1.807) is 0 Å². The fraction of sp³-hybridized carbons (Fsp3) is 0. The molecule has 0 saturated heterocycles. The molecule has 0 aromatic carbocycles. The van der Waals surface area contributed by atoms with Crippen LogP contribution in [0.5, 0.6) is 0 Å². The Hall–Kier alpha value is -1.16. The molecule has 0 aromatic heterocycles. The van der Waals surface area contributed by atoms with Crippen molar-refractivity contribution in [1.82, 2.24) is 5.01 Å². The van der Waals surface area contributed by atoms with Gasteiger partial charge in [-0.25, -0.2) is 5.84 Å². The van der Waals surface area contributed by atoms with Gasteiger partial charge in [0.15, 0.2) is 0 Å². The smallest absolute Gasteiger partial charge is 0.265 e. The zero-order valence-electron chi connectivity index (χ0n) is 4.16. The molecule has 0 fully saturated rings. The number of nitrogens with zero attached hydrogens (tertiary/aromatic N) is 2. The second kappa shape index (κ2) is 1.41. The van der Waals surface area contributed by atoms with Crippen LogP contribution in [0, 0.1) is 0 Å². The maximum Gasteiger partial charge on any atom is 0.295 e. The molecule has 1 amide bonds. The normalized spacial score (nSPS) is 18.4. The van der Waals surface area contributed by atoms with Crippen LogP contribution in [0.25, 0.3) is 0 Å². The summed E-state index contributed by atoms with van der Waals surface area (Å²) >= 11 is 0. The number of hydrogen-bond donors (Lipinski definition) is 1. The summed E-state index contributed by atoms with van der Waals surface area (Å²) in [5.41, 5.74) is 0.213. The third kappa shape index (κ3) is 0.509. The summed E-state index contributed by atoms with van der Waals surface area (Å²) in [5.74, 6) is 4.76. The minimum Gasteiger partial charge on any atom is -0.265 e. The Bertz CT molecular complexity index is 172. The Morgan fingerprint density at radius 2 is 2.50 bits per heavy atom. The first-order valence-corrected chi connectivity index (χ1v) is 2.03. The molecule has 4 heteroatoms. The van der Waals surface area contributed by atoms with Crippen LogP contribution in [0.4, 0.5) is 0 Å². The monoisotopic (exact) mass is 111 g/mol. The molecular formula is C4H5N3O. The second-order valence-corrected chi connectivity index (χ2v) is 1.40. The van der Waals surface area contributed by atoms with Gasteiger partial charge in [0.1, 0.15) is 12.0 Å². The van der Waals surface area contributed by atoms with Crippen molar-refractivity contribution in [2.24, 2.45) is 10.8 Å². The molecule has 1 aliphatic rings. The molecule has 0 unspecified atom stereocenters. The van der Waals surface area contributed by atoms with Crippen molar-refractivity contribution >= 4 is 12.2 Å². The Morgan fingerprint density at radius 1 is 1.88 bits per heavy atom. The highest BCUT2D eigenvalue weighted by molar-refractivity contribution is 6.03. The average Bonchev–Trinajstić information content (AvgIpc) is 1.98. The third-order valence-electron chi connectivity index (χ3n) is 0.858. The van der Waals surface area contributed by atoms with Gasteiger partial charge in [0.2, 0.25) is 0 Å². The van der Waals surface area contributed by atoms with Crippen molar-refractivity contribution in [1.29, 1.82) is 0 Å². The first-order valence-electron chi connectivity index (χ1n) is 2.03. The summed E-state index contributed by atoms with van der Waals surface area (Å²) in [6.45, 7) is 3.34. The Balaban J connectivity index is 2.85. The molecule has 1 heterocycles. The molecule has 0 saturated carbocycles. The van der Waals surface area contributed by atoms with E-state index in [0.717, 1.165) is 5.01 Å². The number of hydrazine groups is 1. The number of carbonyl (C=O) groups is 1. The highest BCUT2D eigenvalue weighted by Crippen LogP contribution is 2.01. The molecule has 0 radical (unpaired) electrons. The van der Waals surface area contributed by atoms with Gasteiger partial charge in [0.25, 0.3) is 5.91 Å². The average molecular weight is 111 g/mol. The van der Waals surface area contributed by atoms with Gasteiger partial charge < -0.3 is 0 Å². The van der Waals surface area contributed by atoms with Crippen molar-refractivity contribution in [2.45, 2.75) is 0 Å². The van der Waals surface area contributed by atoms with Gasteiger partial charge in [-0.05, 0) is 0 Å². The Morgan fingerprint density at radius 3 is 2.62 bits per heavy atom. The fourth-order valence-corrected chi connectivity index (χ4v) is 0.369. The topological polar surface area (TPSA) is 58.7 Å². The minimum atomic E-state index is -0.368. The van der Waals surface area contributed by atoms with E-state index in [0.29, 0.717) is 0 Å². The predicted octanol–water partition coefficient (Wildman–Crippen LogP) is -0.756. The molecule has 0 spiro atoms. The molecule has 0 atom stereocenters. The van der Waals surface area contributed by atoms with Crippen LogP contribution in [-0.2, 0) is 4.79 Å². The van der Waals surface area contributed by atoms with E-state index in [-0.39, 0.29) is 11.6 Å². The molecule has 1 aliphatic heterocycles. The lowest BCUT2D eigenvalue weighted by Crippen LogP contribution is -2.25. The van der Waals surface area contributed by atoms with Crippen LogP contribution in [0.15, 0.2) is 17.3 Å². The quantitative estimate of drug-likeness (QED) is 0.330. The van der Waals surface area contributed by atoms with E-state index < -0.39 is 0 Å². The van der Waals surface area contributed by atoms with Crippen LogP contribution in [0.1, 0.15) is 0 Å². The molecular weight excluding hydrogens is 106 g/mol. The first-order chi connectivity index (χ1) is 3.72. The van der Waals surface area contributed by atoms with E-state index in [1.807, 2.05) is 0 Å². The number of aliphatic imine (C=N–C) groups is 1. The Kier molecular flexibility index (Phi) is 0.881. The summed E-state index contributed by atoms with van der Waals surface area (Å²) in [7, 11) is 0. The SMILES string of the molecule is C=C1C(=O)N=CN1N. The number of nitrogens with two attached hydrogens (primary N) is 1.